The van der Waals surface area contributed by atoms with Crippen molar-refractivity contribution in [2.24, 2.45) is 0 Å². The van der Waals surface area contributed by atoms with Crippen molar-refractivity contribution >= 4 is 5.91 Å². The maximum Gasteiger partial charge on any atom is 0.287 e. The molecule has 0 aliphatic carbocycles. The summed E-state index contributed by atoms with van der Waals surface area (Å²) >= 11 is 0. The number of hydrogen-bond acceptors (Lipinski definition) is 5. The van der Waals surface area contributed by atoms with Crippen LogP contribution in [-0.4, -0.2) is 22.1 Å². The second-order valence-electron chi connectivity index (χ2n) is 5.17. The monoisotopic (exact) mass is 328 g/mol. The normalized spacial score (nSPS) is 12.0. The summed E-state index contributed by atoms with van der Waals surface area (Å²) in [5.41, 5.74) is -0.151. The molecule has 3 heterocycles. The van der Waals surface area contributed by atoms with Gasteiger partial charge in [0, 0.05) is 12.3 Å². The predicted octanol–water partition coefficient (Wildman–Crippen LogP) is 1.55. The maximum absolute atomic E-state index is 12.0. The van der Waals surface area contributed by atoms with Crippen molar-refractivity contribution in [2.45, 2.75) is 12.6 Å². The van der Waals surface area contributed by atoms with E-state index in [0.717, 1.165) is 0 Å². The number of carbonyl (C=O) groups excluding carboxylic acids is 1. The van der Waals surface area contributed by atoms with E-state index >= 15 is 0 Å². The van der Waals surface area contributed by atoms with Crippen LogP contribution in [0, 0.1) is 0 Å². The van der Waals surface area contributed by atoms with Crippen LogP contribution in [0.15, 0.2) is 68.6 Å². The summed E-state index contributed by atoms with van der Waals surface area (Å²) in [7, 11) is 0. The number of aliphatic hydroxyl groups is 1. The standard InChI is InChI=1S/C17H16N2O5/c20-13(14-4-3-9-23-14)10-18-17(22)15-7-6-12(24-15)11-19-8-2-1-5-16(19)21/h1-9,13,20H,10-11H2,(H,18,22). The van der Waals surface area contributed by atoms with Crippen LogP contribution in [-0.2, 0) is 6.54 Å². The van der Waals surface area contributed by atoms with Gasteiger partial charge in [-0.2, -0.15) is 0 Å². The lowest BCUT2D eigenvalue weighted by Crippen LogP contribution is -2.27. The number of amides is 1. The number of hydrogen-bond donors (Lipinski definition) is 2. The molecule has 0 saturated carbocycles. The molecule has 0 saturated heterocycles. The molecule has 1 amide bonds. The topological polar surface area (TPSA) is 97.6 Å². The van der Waals surface area contributed by atoms with Crippen molar-refractivity contribution in [1.82, 2.24) is 9.88 Å². The van der Waals surface area contributed by atoms with Crippen LogP contribution in [0.2, 0.25) is 0 Å². The summed E-state index contributed by atoms with van der Waals surface area (Å²) in [6.07, 6.45) is 2.16. The molecule has 7 nitrogen and oxygen atoms in total. The summed E-state index contributed by atoms with van der Waals surface area (Å²) in [6, 6.07) is 11.3. The summed E-state index contributed by atoms with van der Waals surface area (Å²) in [5, 5.41) is 12.4. The van der Waals surface area contributed by atoms with E-state index in [0.29, 0.717) is 11.5 Å². The summed E-state index contributed by atoms with van der Waals surface area (Å²) in [5.74, 6) is 0.520. The van der Waals surface area contributed by atoms with Crippen LogP contribution < -0.4 is 10.9 Å². The third-order valence-corrected chi connectivity index (χ3v) is 3.44. The van der Waals surface area contributed by atoms with E-state index < -0.39 is 12.0 Å². The summed E-state index contributed by atoms with van der Waals surface area (Å²) in [6.45, 7) is 0.239. The molecular formula is C17H16N2O5. The molecule has 3 rings (SSSR count). The third-order valence-electron chi connectivity index (χ3n) is 3.44. The maximum atomic E-state index is 12.0. The molecule has 0 aromatic carbocycles. The van der Waals surface area contributed by atoms with Gasteiger partial charge in [0.15, 0.2) is 5.76 Å². The minimum absolute atomic E-state index is 0.000519. The number of carbonyl (C=O) groups is 1. The van der Waals surface area contributed by atoms with Crippen molar-refractivity contribution < 1.29 is 18.7 Å². The van der Waals surface area contributed by atoms with Gasteiger partial charge >= 0.3 is 0 Å². The first-order chi connectivity index (χ1) is 11.6. The molecule has 1 unspecified atom stereocenters. The van der Waals surface area contributed by atoms with Gasteiger partial charge in [0.05, 0.1) is 19.4 Å². The van der Waals surface area contributed by atoms with Crippen LogP contribution in [0.1, 0.15) is 28.2 Å². The van der Waals surface area contributed by atoms with E-state index in [1.807, 2.05) is 0 Å². The van der Waals surface area contributed by atoms with Gasteiger partial charge < -0.3 is 23.8 Å². The summed E-state index contributed by atoms with van der Waals surface area (Å²) < 4.78 is 12.0. The molecule has 3 aromatic heterocycles. The lowest BCUT2D eigenvalue weighted by Gasteiger charge is -2.08. The smallest absolute Gasteiger partial charge is 0.287 e. The molecular weight excluding hydrogens is 312 g/mol. The van der Waals surface area contributed by atoms with Crippen molar-refractivity contribution in [3.05, 3.63) is 82.6 Å². The summed E-state index contributed by atoms with van der Waals surface area (Å²) in [4.78, 5) is 23.7. The zero-order valence-corrected chi connectivity index (χ0v) is 12.7. The minimum Gasteiger partial charge on any atom is -0.467 e. The van der Waals surface area contributed by atoms with Crippen molar-refractivity contribution in [2.75, 3.05) is 6.54 Å². The molecule has 3 aromatic rings. The average molecular weight is 328 g/mol. The first-order valence-corrected chi connectivity index (χ1v) is 7.37. The molecule has 2 N–H and O–H groups in total. The highest BCUT2D eigenvalue weighted by atomic mass is 16.4. The van der Waals surface area contributed by atoms with Crippen molar-refractivity contribution in [1.29, 1.82) is 0 Å². The molecule has 0 spiro atoms. The zero-order valence-electron chi connectivity index (χ0n) is 12.7. The first-order valence-electron chi connectivity index (χ1n) is 7.37. The van der Waals surface area contributed by atoms with E-state index in [-0.39, 0.29) is 24.4 Å². The fourth-order valence-corrected chi connectivity index (χ4v) is 2.20. The molecule has 0 radical (unpaired) electrons. The van der Waals surface area contributed by atoms with Crippen molar-refractivity contribution in [3.63, 3.8) is 0 Å². The SMILES string of the molecule is O=C(NCC(O)c1ccco1)c1ccc(Cn2ccccc2=O)o1. The Kier molecular flexibility index (Phi) is 4.62. The van der Waals surface area contributed by atoms with Crippen LogP contribution in [0.3, 0.4) is 0 Å². The van der Waals surface area contributed by atoms with Gasteiger partial charge in [-0.25, -0.2) is 0 Å². The fraction of sp³-hybridized carbons (Fsp3) is 0.176. The molecule has 0 aliphatic heterocycles. The van der Waals surface area contributed by atoms with Crippen LogP contribution in [0.4, 0.5) is 0 Å². The predicted molar refractivity (Wildman–Crippen MR) is 84.5 cm³/mol. The first kappa shape index (κ1) is 15.8. The van der Waals surface area contributed by atoms with Gasteiger partial charge in [-0.05, 0) is 30.3 Å². The lowest BCUT2D eigenvalue weighted by atomic mass is 10.2. The van der Waals surface area contributed by atoms with Gasteiger partial charge in [0.2, 0.25) is 0 Å². The van der Waals surface area contributed by atoms with Gasteiger partial charge in [-0.3, -0.25) is 9.59 Å². The number of pyridine rings is 1. The Morgan fingerprint density at radius 2 is 2.08 bits per heavy atom. The second-order valence-corrected chi connectivity index (χ2v) is 5.17. The van der Waals surface area contributed by atoms with E-state index in [2.05, 4.69) is 5.32 Å². The molecule has 0 aliphatic rings. The third kappa shape index (κ3) is 3.64. The quantitative estimate of drug-likeness (QED) is 0.715. The number of nitrogens with one attached hydrogen (secondary N) is 1. The van der Waals surface area contributed by atoms with Crippen LogP contribution in [0.5, 0.6) is 0 Å². The Labute approximate surface area is 137 Å². The van der Waals surface area contributed by atoms with Gasteiger partial charge in [0.25, 0.3) is 11.5 Å². The van der Waals surface area contributed by atoms with E-state index in [1.54, 1.807) is 36.5 Å². The van der Waals surface area contributed by atoms with Crippen LogP contribution in [0.25, 0.3) is 0 Å². The number of nitrogens with zero attached hydrogens (tertiary/aromatic N) is 1. The highest BCUT2D eigenvalue weighted by Gasteiger charge is 2.15. The molecule has 124 valence electrons. The highest BCUT2D eigenvalue weighted by molar-refractivity contribution is 5.91. The van der Waals surface area contributed by atoms with E-state index in [4.69, 9.17) is 8.83 Å². The average Bonchev–Trinajstić information content (AvgIpc) is 3.26. The fourth-order valence-electron chi connectivity index (χ4n) is 2.20. The Hall–Kier alpha value is -3.06. The Morgan fingerprint density at radius 1 is 1.21 bits per heavy atom. The number of rotatable bonds is 6. The molecule has 7 heteroatoms. The van der Waals surface area contributed by atoms with Gasteiger partial charge in [0.1, 0.15) is 17.6 Å². The van der Waals surface area contributed by atoms with E-state index in [1.165, 1.54) is 23.0 Å². The Morgan fingerprint density at radius 3 is 2.83 bits per heavy atom. The zero-order chi connectivity index (χ0) is 16.9. The van der Waals surface area contributed by atoms with Gasteiger partial charge in [-0.1, -0.05) is 6.07 Å². The van der Waals surface area contributed by atoms with E-state index in [9.17, 15) is 14.7 Å². The number of furan rings is 2. The minimum atomic E-state index is -0.929. The highest BCUT2D eigenvalue weighted by Crippen LogP contribution is 2.13. The molecule has 1 atom stereocenters. The lowest BCUT2D eigenvalue weighted by molar-refractivity contribution is 0.0872. The van der Waals surface area contributed by atoms with Crippen molar-refractivity contribution in [3.8, 4) is 0 Å². The Balaban J connectivity index is 1.59. The number of aliphatic hydroxyl groups excluding tert-OH is 1. The Bertz CT molecular complexity index is 863. The largest absolute Gasteiger partial charge is 0.467 e. The molecule has 0 bridgehead atoms. The molecule has 24 heavy (non-hydrogen) atoms. The van der Waals surface area contributed by atoms with Crippen LogP contribution >= 0.6 is 0 Å². The van der Waals surface area contributed by atoms with Gasteiger partial charge in [-0.15, -0.1) is 0 Å². The second kappa shape index (κ2) is 7.01. The molecule has 0 fully saturated rings. The number of aromatic nitrogens is 1.